The zero-order valence-corrected chi connectivity index (χ0v) is 11.0. The van der Waals surface area contributed by atoms with Gasteiger partial charge in [-0.3, -0.25) is 4.79 Å². The number of carbonyl (C=O) groups is 1. The van der Waals surface area contributed by atoms with Crippen LogP contribution in [0, 0.1) is 0 Å². The number of carboxylic acid groups (broad SMARTS) is 1. The number of benzene rings is 2. The molecule has 0 radical (unpaired) electrons. The molecule has 2 rings (SSSR count). The smallest absolute Gasteiger partial charge is 0.310 e. The van der Waals surface area contributed by atoms with Crippen molar-refractivity contribution in [2.75, 3.05) is 7.11 Å². The zero-order valence-electron chi connectivity index (χ0n) is 11.0. The summed E-state index contributed by atoms with van der Waals surface area (Å²) in [5.41, 5.74) is 2.80. The standard InChI is InChI=1S/C16H16O3/c1-11(16(17)18)12-5-3-6-13(9-12)14-7-4-8-15(10-14)19-2/h3-11H,1-2H3,(H,17,18). The molecular formula is C16H16O3. The van der Waals surface area contributed by atoms with Crippen LogP contribution in [-0.4, -0.2) is 18.2 Å². The number of carboxylic acids is 1. The van der Waals surface area contributed by atoms with E-state index in [1.165, 1.54) is 0 Å². The van der Waals surface area contributed by atoms with Crippen LogP contribution in [0.25, 0.3) is 11.1 Å². The largest absolute Gasteiger partial charge is 0.497 e. The second kappa shape index (κ2) is 5.57. The van der Waals surface area contributed by atoms with Gasteiger partial charge < -0.3 is 9.84 Å². The van der Waals surface area contributed by atoms with Crippen molar-refractivity contribution < 1.29 is 14.6 Å². The molecule has 2 aromatic carbocycles. The van der Waals surface area contributed by atoms with Crippen molar-refractivity contribution >= 4 is 5.97 Å². The van der Waals surface area contributed by atoms with Crippen LogP contribution in [0.15, 0.2) is 48.5 Å². The maximum absolute atomic E-state index is 11.0. The molecule has 1 N–H and O–H groups in total. The summed E-state index contributed by atoms with van der Waals surface area (Å²) in [6, 6.07) is 15.3. The molecule has 0 spiro atoms. The topological polar surface area (TPSA) is 46.5 Å². The molecule has 3 heteroatoms. The van der Waals surface area contributed by atoms with Crippen molar-refractivity contribution in [1.82, 2.24) is 0 Å². The molecule has 0 aliphatic heterocycles. The van der Waals surface area contributed by atoms with Gasteiger partial charge in [-0.15, -0.1) is 0 Å². The molecular weight excluding hydrogens is 240 g/mol. The van der Waals surface area contributed by atoms with E-state index in [2.05, 4.69) is 0 Å². The van der Waals surface area contributed by atoms with Crippen LogP contribution in [-0.2, 0) is 4.79 Å². The Kier molecular flexibility index (Phi) is 3.85. The van der Waals surface area contributed by atoms with E-state index >= 15 is 0 Å². The molecule has 1 atom stereocenters. The summed E-state index contributed by atoms with van der Waals surface area (Å²) in [6.45, 7) is 1.69. The Morgan fingerprint density at radius 3 is 2.37 bits per heavy atom. The second-order valence-electron chi connectivity index (χ2n) is 4.42. The highest BCUT2D eigenvalue weighted by Crippen LogP contribution is 2.26. The minimum Gasteiger partial charge on any atom is -0.497 e. The minimum atomic E-state index is -0.817. The summed E-state index contributed by atoms with van der Waals surface area (Å²) in [6.07, 6.45) is 0. The van der Waals surface area contributed by atoms with Crippen molar-refractivity contribution in [1.29, 1.82) is 0 Å². The molecule has 3 nitrogen and oxygen atoms in total. The Morgan fingerprint density at radius 2 is 1.74 bits per heavy atom. The lowest BCUT2D eigenvalue weighted by atomic mass is 9.96. The Labute approximate surface area is 112 Å². The van der Waals surface area contributed by atoms with Gasteiger partial charge in [0.25, 0.3) is 0 Å². The molecule has 0 aliphatic rings. The highest BCUT2D eigenvalue weighted by atomic mass is 16.5. The van der Waals surface area contributed by atoms with Crippen LogP contribution in [0.4, 0.5) is 0 Å². The fourth-order valence-corrected chi connectivity index (χ4v) is 1.93. The van der Waals surface area contributed by atoms with E-state index in [-0.39, 0.29) is 0 Å². The van der Waals surface area contributed by atoms with Gasteiger partial charge in [-0.25, -0.2) is 0 Å². The predicted octanol–water partition coefficient (Wildman–Crippen LogP) is 3.55. The van der Waals surface area contributed by atoms with Crippen LogP contribution in [0.2, 0.25) is 0 Å². The first kappa shape index (κ1) is 13.1. The molecule has 0 bridgehead atoms. The first-order chi connectivity index (χ1) is 9.11. The Hall–Kier alpha value is -2.29. The van der Waals surface area contributed by atoms with Crippen molar-refractivity contribution in [3.63, 3.8) is 0 Å². The molecule has 19 heavy (non-hydrogen) atoms. The summed E-state index contributed by atoms with van der Waals surface area (Å²) in [4.78, 5) is 11.0. The average Bonchev–Trinajstić information content (AvgIpc) is 2.46. The lowest BCUT2D eigenvalue weighted by molar-refractivity contribution is -0.138. The Morgan fingerprint density at radius 1 is 1.11 bits per heavy atom. The molecule has 2 aromatic rings. The summed E-state index contributed by atoms with van der Waals surface area (Å²) in [5, 5.41) is 9.06. The lowest BCUT2D eigenvalue weighted by Gasteiger charge is -2.10. The van der Waals surface area contributed by atoms with Gasteiger partial charge >= 0.3 is 5.97 Å². The molecule has 0 fully saturated rings. The number of rotatable bonds is 4. The van der Waals surface area contributed by atoms with E-state index in [0.29, 0.717) is 0 Å². The van der Waals surface area contributed by atoms with Gasteiger partial charge in [0.05, 0.1) is 13.0 Å². The van der Waals surface area contributed by atoms with Crippen LogP contribution in [0.5, 0.6) is 5.75 Å². The van der Waals surface area contributed by atoms with E-state index in [9.17, 15) is 4.79 Å². The average molecular weight is 256 g/mol. The molecule has 98 valence electrons. The van der Waals surface area contributed by atoms with Crippen LogP contribution >= 0.6 is 0 Å². The van der Waals surface area contributed by atoms with E-state index < -0.39 is 11.9 Å². The van der Waals surface area contributed by atoms with Crippen molar-refractivity contribution in [3.8, 4) is 16.9 Å². The third-order valence-electron chi connectivity index (χ3n) is 3.16. The monoisotopic (exact) mass is 256 g/mol. The second-order valence-corrected chi connectivity index (χ2v) is 4.42. The van der Waals surface area contributed by atoms with Crippen LogP contribution in [0.3, 0.4) is 0 Å². The number of hydrogen-bond donors (Lipinski definition) is 1. The summed E-state index contributed by atoms with van der Waals surface area (Å²) in [7, 11) is 1.63. The lowest BCUT2D eigenvalue weighted by Crippen LogP contribution is -2.07. The fourth-order valence-electron chi connectivity index (χ4n) is 1.93. The maximum Gasteiger partial charge on any atom is 0.310 e. The van der Waals surface area contributed by atoms with Gasteiger partial charge in [-0.05, 0) is 35.7 Å². The third-order valence-corrected chi connectivity index (χ3v) is 3.16. The Bertz CT molecular complexity index is 590. The first-order valence-corrected chi connectivity index (χ1v) is 6.09. The highest BCUT2D eigenvalue weighted by Gasteiger charge is 2.13. The molecule has 0 aromatic heterocycles. The SMILES string of the molecule is COc1cccc(-c2cccc(C(C)C(=O)O)c2)c1. The maximum atomic E-state index is 11.0. The quantitative estimate of drug-likeness (QED) is 0.910. The summed E-state index contributed by atoms with van der Waals surface area (Å²) in [5.74, 6) is -0.539. The molecule has 0 amide bonds. The molecule has 1 unspecified atom stereocenters. The van der Waals surface area contributed by atoms with Gasteiger partial charge in [-0.1, -0.05) is 36.4 Å². The van der Waals surface area contributed by atoms with Crippen molar-refractivity contribution in [2.24, 2.45) is 0 Å². The van der Waals surface area contributed by atoms with Crippen LogP contribution in [0.1, 0.15) is 18.4 Å². The van der Waals surface area contributed by atoms with Crippen LogP contribution < -0.4 is 4.74 Å². The van der Waals surface area contributed by atoms with Gasteiger partial charge in [0, 0.05) is 0 Å². The van der Waals surface area contributed by atoms with E-state index in [1.54, 1.807) is 14.0 Å². The molecule has 0 saturated carbocycles. The number of hydrogen-bond acceptors (Lipinski definition) is 2. The molecule has 0 heterocycles. The summed E-state index contributed by atoms with van der Waals surface area (Å²) >= 11 is 0. The fraction of sp³-hybridized carbons (Fsp3) is 0.188. The van der Waals surface area contributed by atoms with Crippen molar-refractivity contribution in [3.05, 3.63) is 54.1 Å². The minimum absolute atomic E-state index is 0.509. The van der Waals surface area contributed by atoms with Gasteiger partial charge in [0.1, 0.15) is 5.75 Å². The highest BCUT2D eigenvalue weighted by molar-refractivity contribution is 5.77. The Balaban J connectivity index is 2.40. The normalized spacial score (nSPS) is 11.9. The predicted molar refractivity (Wildman–Crippen MR) is 74.5 cm³/mol. The zero-order chi connectivity index (χ0) is 13.8. The van der Waals surface area contributed by atoms with Crippen molar-refractivity contribution in [2.45, 2.75) is 12.8 Å². The molecule has 0 saturated heterocycles. The number of ether oxygens (including phenoxy) is 1. The van der Waals surface area contributed by atoms with Gasteiger partial charge in [-0.2, -0.15) is 0 Å². The van der Waals surface area contributed by atoms with E-state index in [1.807, 2.05) is 48.5 Å². The molecule has 0 aliphatic carbocycles. The van der Waals surface area contributed by atoms with Gasteiger partial charge in [0.2, 0.25) is 0 Å². The number of aliphatic carboxylic acids is 1. The first-order valence-electron chi connectivity index (χ1n) is 6.09. The summed E-state index contributed by atoms with van der Waals surface area (Å²) < 4.78 is 5.20. The van der Waals surface area contributed by atoms with E-state index in [4.69, 9.17) is 9.84 Å². The third kappa shape index (κ3) is 2.94. The van der Waals surface area contributed by atoms with Gasteiger partial charge in [0.15, 0.2) is 0 Å². The number of methoxy groups -OCH3 is 1. The van der Waals surface area contributed by atoms with E-state index in [0.717, 1.165) is 22.4 Å².